The lowest BCUT2D eigenvalue weighted by Crippen LogP contribution is -2.30. The van der Waals surface area contributed by atoms with Crippen molar-refractivity contribution < 1.29 is 4.79 Å². The van der Waals surface area contributed by atoms with Gasteiger partial charge in [-0.1, -0.05) is 0 Å². The Labute approximate surface area is 83.9 Å². The second-order valence-corrected chi connectivity index (χ2v) is 4.15. The summed E-state index contributed by atoms with van der Waals surface area (Å²) in [5.41, 5.74) is 9.21. The summed E-state index contributed by atoms with van der Waals surface area (Å²) in [6.07, 6.45) is 1.70. The molecule has 0 spiro atoms. The third-order valence-electron chi connectivity index (χ3n) is 3.26. The highest BCUT2D eigenvalue weighted by Crippen LogP contribution is 2.25. The molecule has 1 aromatic heterocycles. The molecule has 0 fully saturated rings. The Kier molecular flexibility index (Phi) is 2.10. The Morgan fingerprint density at radius 1 is 1.57 bits per heavy atom. The van der Waals surface area contributed by atoms with E-state index >= 15 is 0 Å². The van der Waals surface area contributed by atoms with Crippen molar-refractivity contribution in [1.82, 2.24) is 4.57 Å². The molecule has 0 radical (unpaired) electrons. The first-order valence-corrected chi connectivity index (χ1v) is 5.04. The molecule has 1 aromatic rings. The van der Waals surface area contributed by atoms with Crippen LogP contribution in [0, 0.1) is 19.8 Å². The Hall–Kier alpha value is -1.25. The molecule has 76 valence electrons. The maximum absolute atomic E-state index is 11.1. The number of nitrogens with two attached hydrogens (primary N) is 1. The molecule has 0 saturated carbocycles. The van der Waals surface area contributed by atoms with Crippen molar-refractivity contribution in [3.8, 4) is 0 Å². The molecule has 1 aliphatic heterocycles. The summed E-state index contributed by atoms with van der Waals surface area (Å²) in [7, 11) is 0. The van der Waals surface area contributed by atoms with Crippen LogP contribution in [0.3, 0.4) is 0 Å². The Morgan fingerprint density at radius 3 is 2.93 bits per heavy atom. The zero-order valence-electron chi connectivity index (χ0n) is 8.71. The lowest BCUT2D eigenvalue weighted by Gasteiger charge is -2.22. The summed E-state index contributed by atoms with van der Waals surface area (Å²) in [6.45, 7) is 5.17. The number of aryl methyl sites for hydroxylation is 1. The Bertz CT molecular complexity index is 379. The van der Waals surface area contributed by atoms with Crippen LogP contribution in [0.5, 0.6) is 0 Å². The van der Waals surface area contributed by atoms with Gasteiger partial charge in [0.2, 0.25) is 5.91 Å². The van der Waals surface area contributed by atoms with Crippen LogP contribution in [0.1, 0.15) is 23.4 Å². The molecule has 14 heavy (non-hydrogen) atoms. The van der Waals surface area contributed by atoms with E-state index in [-0.39, 0.29) is 11.8 Å². The monoisotopic (exact) mass is 192 g/mol. The van der Waals surface area contributed by atoms with Gasteiger partial charge in [0, 0.05) is 23.9 Å². The van der Waals surface area contributed by atoms with E-state index in [1.807, 2.05) is 0 Å². The van der Waals surface area contributed by atoms with Crippen LogP contribution in [0.4, 0.5) is 0 Å². The minimum atomic E-state index is -0.159. The summed E-state index contributed by atoms with van der Waals surface area (Å²) in [4.78, 5) is 11.1. The summed E-state index contributed by atoms with van der Waals surface area (Å²) >= 11 is 0. The average Bonchev–Trinajstić information content (AvgIpc) is 2.42. The standard InChI is InChI=1S/C11H16N2O/c1-7-5-10-6-9(11(12)14)3-4-13(10)8(7)2/h5,9H,3-4,6H2,1-2H3,(H2,12,14). The van der Waals surface area contributed by atoms with E-state index in [1.165, 1.54) is 17.0 Å². The molecule has 0 saturated heterocycles. The highest BCUT2D eigenvalue weighted by Gasteiger charge is 2.24. The van der Waals surface area contributed by atoms with Crippen molar-refractivity contribution >= 4 is 5.91 Å². The van der Waals surface area contributed by atoms with Gasteiger partial charge in [-0.3, -0.25) is 4.79 Å². The number of nitrogens with zero attached hydrogens (tertiary/aromatic N) is 1. The van der Waals surface area contributed by atoms with Crippen molar-refractivity contribution in [3.05, 3.63) is 23.0 Å². The van der Waals surface area contributed by atoms with E-state index in [2.05, 4.69) is 24.5 Å². The minimum Gasteiger partial charge on any atom is -0.369 e. The number of primary amides is 1. The van der Waals surface area contributed by atoms with Gasteiger partial charge in [0.1, 0.15) is 0 Å². The fourth-order valence-electron chi connectivity index (χ4n) is 2.22. The van der Waals surface area contributed by atoms with Gasteiger partial charge in [-0.05, 0) is 38.3 Å². The normalized spacial score (nSPS) is 20.6. The predicted molar refractivity (Wildman–Crippen MR) is 54.9 cm³/mol. The van der Waals surface area contributed by atoms with Crippen LogP contribution < -0.4 is 5.73 Å². The van der Waals surface area contributed by atoms with E-state index in [1.54, 1.807) is 0 Å². The van der Waals surface area contributed by atoms with Crippen molar-refractivity contribution in [1.29, 1.82) is 0 Å². The van der Waals surface area contributed by atoms with Crippen LogP contribution in [0.2, 0.25) is 0 Å². The molecule has 2 heterocycles. The smallest absolute Gasteiger partial charge is 0.220 e. The van der Waals surface area contributed by atoms with Crippen molar-refractivity contribution in [2.75, 3.05) is 0 Å². The molecule has 0 aromatic carbocycles. The minimum absolute atomic E-state index is 0.0381. The van der Waals surface area contributed by atoms with E-state index in [0.29, 0.717) is 0 Å². The lowest BCUT2D eigenvalue weighted by atomic mass is 9.95. The fraction of sp³-hybridized carbons (Fsp3) is 0.545. The Balaban J connectivity index is 2.31. The van der Waals surface area contributed by atoms with E-state index in [9.17, 15) is 4.79 Å². The molecule has 2 rings (SSSR count). The van der Waals surface area contributed by atoms with Gasteiger partial charge in [-0.2, -0.15) is 0 Å². The molecule has 1 amide bonds. The lowest BCUT2D eigenvalue weighted by molar-refractivity contribution is -0.122. The van der Waals surface area contributed by atoms with Crippen LogP contribution in [-0.2, 0) is 17.8 Å². The first-order valence-electron chi connectivity index (χ1n) is 5.04. The number of amides is 1. The number of aromatic nitrogens is 1. The maximum Gasteiger partial charge on any atom is 0.220 e. The van der Waals surface area contributed by atoms with Gasteiger partial charge in [0.25, 0.3) is 0 Å². The largest absolute Gasteiger partial charge is 0.369 e. The van der Waals surface area contributed by atoms with Crippen molar-refractivity contribution in [3.63, 3.8) is 0 Å². The van der Waals surface area contributed by atoms with E-state index in [0.717, 1.165) is 19.4 Å². The number of hydrogen-bond acceptors (Lipinski definition) is 1. The molecule has 1 aliphatic rings. The molecular weight excluding hydrogens is 176 g/mol. The second-order valence-electron chi connectivity index (χ2n) is 4.15. The second kappa shape index (κ2) is 3.15. The van der Waals surface area contributed by atoms with Gasteiger partial charge in [0.15, 0.2) is 0 Å². The van der Waals surface area contributed by atoms with Crippen molar-refractivity contribution in [2.24, 2.45) is 11.7 Å². The van der Waals surface area contributed by atoms with Crippen LogP contribution in [0.25, 0.3) is 0 Å². The van der Waals surface area contributed by atoms with Crippen LogP contribution >= 0.6 is 0 Å². The fourth-order valence-corrected chi connectivity index (χ4v) is 2.22. The van der Waals surface area contributed by atoms with Crippen molar-refractivity contribution in [2.45, 2.75) is 33.2 Å². The van der Waals surface area contributed by atoms with Gasteiger partial charge in [0.05, 0.1) is 0 Å². The Morgan fingerprint density at radius 2 is 2.29 bits per heavy atom. The topological polar surface area (TPSA) is 48.0 Å². The molecule has 0 bridgehead atoms. The first kappa shape index (κ1) is 9.31. The number of fused-ring (bicyclic) bond motifs is 1. The quantitative estimate of drug-likeness (QED) is 0.713. The van der Waals surface area contributed by atoms with Gasteiger partial charge >= 0.3 is 0 Å². The average molecular weight is 192 g/mol. The summed E-state index contributed by atoms with van der Waals surface area (Å²) in [5, 5.41) is 0. The maximum atomic E-state index is 11.1. The summed E-state index contributed by atoms with van der Waals surface area (Å²) < 4.78 is 2.30. The highest BCUT2D eigenvalue weighted by atomic mass is 16.1. The molecule has 1 atom stereocenters. The molecule has 1 unspecified atom stereocenters. The number of carbonyl (C=O) groups is 1. The predicted octanol–water partition coefficient (Wildman–Crippen LogP) is 1.15. The number of rotatable bonds is 1. The highest BCUT2D eigenvalue weighted by molar-refractivity contribution is 5.77. The third kappa shape index (κ3) is 1.33. The molecule has 2 N–H and O–H groups in total. The SMILES string of the molecule is Cc1cc2n(c1C)CCC(C(N)=O)C2. The number of hydrogen-bond donors (Lipinski definition) is 1. The first-order chi connectivity index (χ1) is 6.59. The summed E-state index contributed by atoms with van der Waals surface area (Å²) in [6, 6.07) is 2.17. The molecule has 3 nitrogen and oxygen atoms in total. The summed E-state index contributed by atoms with van der Waals surface area (Å²) in [5.74, 6) is -0.121. The van der Waals surface area contributed by atoms with Gasteiger partial charge < -0.3 is 10.3 Å². The van der Waals surface area contributed by atoms with E-state index in [4.69, 9.17) is 5.73 Å². The molecule has 0 aliphatic carbocycles. The van der Waals surface area contributed by atoms with E-state index < -0.39 is 0 Å². The van der Waals surface area contributed by atoms with Crippen LogP contribution in [-0.4, -0.2) is 10.5 Å². The van der Waals surface area contributed by atoms with Gasteiger partial charge in [-0.15, -0.1) is 0 Å². The zero-order chi connectivity index (χ0) is 10.3. The number of carbonyl (C=O) groups excluding carboxylic acids is 1. The molecular formula is C11H16N2O. The van der Waals surface area contributed by atoms with Gasteiger partial charge in [-0.25, -0.2) is 0 Å². The zero-order valence-corrected chi connectivity index (χ0v) is 8.71. The molecule has 3 heteroatoms. The third-order valence-corrected chi connectivity index (χ3v) is 3.26. The van der Waals surface area contributed by atoms with Crippen LogP contribution in [0.15, 0.2) is 6.07 Å².